The summed E-state index contributed by atoms with van der Waals surface area (Å²) in [7, 11) is 0. The maximum Gasteiger partial charge on any atom is 0.254 e. The van der Waals surface area contributed by atoms with Crippen LogP contribution in [0.5, 0.6) is 5.75 Å². The lowest BCUT2D eigenvalue weighted by Gasteiger charge is -2.13. The number of hydrogen-bond donors (Lipinski definition) is 0. The van der Waals surface area contributed by atoms with Crippen molar-refractivity contribution in [2.45, 2.75) is 13.0 Å². The molecule has 1 aliphatic heterocycles. The van der Waals surface area contributed by atoms with Gasteiger partial charge in [0.05, 0.1) is 18.1 Å². The van der Waals surface area contributed by atoms with Crippen molar-refractivity contribution in [2.75, 3.05) is 0 Å². The van der Waals surface area contributed by atoms with Crippen molar-refractivity contribution in [3.63, 3.8) is 0 Å². The first-order valence-corrected chi connectivity index (χ1v) is 11.0. The third-order valence-corrected chi connectivity index (χ3v) is 6.94. The minimum atomic E-state index is -0.243. The first-order valence-electron chi connectivity index (χ1n) is 11.0. The van der Waals surface area contributed by atoms with Gasteiger partial charge in [-0.1, -0.05) is 66.7 Å². The normalized spacial score (nSPS) is 25.9. The van der Waals surface area contributed by atoms with Crippen molar-refractivity contribution in [2.24, 2.45) is 28.8 Å². The molecule has 6 rings (SSSR count). The number of carbonyl (C=O) groups excluding carboxylic acids is 2. The molecule has 2 fully saturated rings. The molecule has 0 N–H and O–H groups in total. The van der Waals surface area contributed by atoms with Crippen molar-refractivity contribution >= 4 is 28.8 Å². The molecule has 0 unspecified atom stereocenters. The van der Waals surface area contributed by atoms with Crippen LogP contribution in [0, 0.1) is 23.7 Å². The molecule has 0 radical (unpaired) electrons. The van der Waals surface area contributed by atoms with E-state index in [4.69, 9.17) is 4.74 Å². The van der Waals surface area contributed by atoms with Gasteiger partial charge in [-0.25, -0.2) is 0 Å². The highest BCUT2D eigenvalue weighted by atomic mass is 16.5. The summed E-state index contributed by atoms with van der Waals surface area (Å²) >= 11 is 0. The number of hydrazone groups is 1. The lowest BCUT2D eigenvalue weighted by Crippen LogP contribution is -2.28. The Morgan fingerprint density at radius 1 is 0.875 bits per heavy atom. The van der Waals surface area contributed by atoms with E-state index in [-0.39, 0.29) is 35.5 Å². The van der Waals surface area contributed by atoms with Crippen LogP contribution in [0.25, 0.3) is 10.8 Å². The van der Waals surface area contributed by atoms with Crippen LogP contribution >= 0.6 is 0 Å². The standard InChI is InChI=1S/C27H22N2O3/c30-26-24-18-12-13-19(14-18)25(24)27(31)29(26)28-15-20-7-2-4-11-23(20)32-16-21-9-5-8-17-6-1-3-10-22(17)21/h1-13,15,18-19,24-25H,14,16H2/b28-15-/t18-,19-,24+,25+/m0/s1. The van der Waals surface area contributed by atoms with E-state index in [0.717, 1.165) is 27.9 Å². The van der Waals surface area contributed by atoms with Crippen LogP contribution in [-0.4, -0.2) is 23.0 Å². The van der Waals surface area contributed by atoms with Gasteiger partial charge in [0.2, 0.25) is 0 Å². The van der Waals surface area contributed by atoms with E-state index >= 15 is 0 Å². The van der Waals surface area contributed by atoms with Gasteiger partial charge in [0.25, 0.3) is 11.8 Å². The van der Waals surface area contributed by atoms with E-state index in [0.29, 0.717) is 12.4 Å². The van der Waals surface area contributed by atoms with E-state index in [1.807, 2.05) is 42.5 Å². The Kier molecular flexibility index (Phi) is 4.42. The molecule has 1 heterocycles. The summed E-state index contributed by atoms with van der Waals surface area (Å²) in [5, 5.41) is 7.70. The Morgan fingerprint density at radius 2 is 1.56 bits per heavy atom. The number of fused-ring (bicyclic) bond motifs is 6. The number of amides is 2. The summed E-state index contributed by atoms with van der Waals surface area (Å²) in [6.07, 6.45) is 6.64. The molecule has 2 amide bonds. The zero-order valence-corrected chi connectivity index (χ0v) is 17.4. The van der Waals surface area contributed by atoms with Crippen LogP contribution in [0.4, 0.5) is 0 Å². The number of allylic oxidation sites excluding steroid dienone is 2. The number of rotatable bonds is 5. The zero-order valence-electron chi connectivity index (χ0n) is 17.4. The molecule has 5 heteroatoms. The number of para-hydroxylation sites is 1. The average molecular weight is 422 g/mol. The first kappa shape index (κ1) is 19.0. The summed E-state index contributed by atoms with van der Waals surface area (Å²) in [5.74, 6) is 0.172. The Labute approximate surface area is 186 Å². The molecule has 5 nitrogen and oxygen atoms in total. The Hall–Kier alpha value is -3.73. The Morgan fingerprint density at radius 3 is 2.38 bits per heavy atom. The van der Waals surface area contributed by atoms with Gasteiger partial charge < -0.3 is 4.74 Å². The van der Waals surface area contributed by atoms with Gasteiger partial charge in [-0.15, -0.1) is 0 Å². The number of nitrogens with zero attached hydrogens (tertiary/aromatic N) is 2. The molecule has 0 spiro atoms. The maximum absolute atomic E-state index is 12.9. The molecule has 3 aromatic rings. The molecule has 3 aromatic carbocycles. The second-order valence-corrected chi connectivity index (χ2v) is 8.70. The van der Waals surface area contributed by atoms with Crippen molar-refractivity contribution in [3.8, 4) is 5.75 Å². The van der Waals surface area contributed by atoms with Gasteiger partial charge in [0.1, 0.15) is 12.4 Å². The van der Waals surface area contributed by atoms with E-state index in [1.165, 1.54) is 5.39 Å². The smallest absolute Gasteiger partial charge is 0.254 e. The van der Waals surface area contributed by atoms with Crippen LogP contribution in [0.15, 0.2) is 84.0 Å². The summed E-state index contributed by atoms with van der Waals surface area (Å²) < 4.78 is 6.13. The predicted octanol–water partition coefficient (Wildman–Crippen LogP) is 4.56. The average Bonchev–Trinajstić information content (AvgIpc) is 3.51. The van der Waals surface area contributed by atoms with Crippen molar-refractivity contribution < 1.29 is 14.3 Å². The predicted molar refractivity (Wildman–Crippen MR) is 122 cm³/mol. The minimum Gasteiger partial charge on any atom is -0.488 e. The molecule has 32 heavy (non-hydrogen) atoms. The molecule has 0 aromatic heterocycles. The third kappa shape index (κ3) is 2.96. The highest BCUT2D eigenvalue weighted by Gasteiger charge is 2.59. The lowest BCUT2D eigenvalue weighted by atomic mass is 9.85. The monoisotopic (exact) mass is 422 g/mol. The van der Waals surface area contributed by atoms with Crippen LogP contribution in [0.1, 0.15) is 17.5 Å². The summed E-state index contributed by atoms with van der Waals surface area (Å²) in [6, 6.07) is 21.9. The number of imide groups is 1. The van der Waals surface area contributed by atoms with Crippen molar-refractivity contribution in [3.05, 3.63) is 90.0 Å². The Bertz CT molecular complexity index is 1260. The fourth-order valence-corrected chi connectivity index (χ4v) is 5.41. The summed E-state index contributed by atoms with van der Waals surface area (Å²) in [6.45, 7) is 0.410. The highest BCUT2D eigenvalue weighted by Crippen LogP contribution is 2.52. The molecular weight excluding hydrogens is 400 g/mol. The molecule has 158 valence electrons. The van der Waals surface area contributed by atoms with Crippen molar-refractivity contribution in [1.82, 2.24) is 5.01 Å². The molecule has 2 aliphatic carbocycles. The van der Waals surface area contributed by atoms with Gasteiger partial charge in [0, 0.05) is 5.56 Å². The van der Waals surface area contributed by atoms with Gasteiger partial charge in [-0.3, -0.25) is 9.59 Å². The lowest BCUT2D eigenvalue weighted by molar-refractivity contribution is -0.140. The number of carbonyl (C=O) groups is 2. The number of ether oxygens (including phenoxy) is 1. The molecule has 2 bridgehead atoms. The van der Waals surface area contributed by atoms with E-state index < -0.39 is 0 Å². The zero-order chi connectivity index (χ0) is 21.7. The van der Waals surface area contributed by atoms with E-state index in [1.54, 1.807) is 6.21 Å². The number of benzene rings is 3. The van der Waals surface area contributed by atoms with Crippen LogP contribution in [0.2, 0.25) is 0 Å². The molecule has 1 saturated heterocycles. The maximum atomic E-state index is 12.9. The largest absolute Gasteiger partial charge is 0.488 e. The van der Waals surface area contributed by atoms with Crippen LogP contribution in [0.3, 0.4) is 0 Å². The van der Waals surface area contributed by atoms with Gasteiger partial charge >= 0.3 is 0 Å². The van der Waals surface area contributed by atoms with E-state index in [2.05, 4.69) is 41.5 Å². The fourth-order valence-electron chi connectivity index (χ4n) is 5.41. The highest BCUT2D eigenvalue weighted by molar-refractivity contribution is 6.06. The van der Waals surface area contributed by atoms with Gasteiger partial charge in [-0.2, -0.15) is 10.1 Å². The molecule has 4 atom stereocenters. The third-order valence-electron chi connectivity index (χ3n) is 6.94. The first-order chi connectivity index (χ1) is 15.7. The topological polar surface area (TPSA) is 59.0 Å². The quantitative estimate of drug-likeness (QED) is 0.344. The van der Waals surface area contributed by atoms with Crippen LogP contribution in [-0.2, 0) is 16.2 Å². The van der Waals surface area contributed by atoms with Gasteiger partial charge in [0.15, 0.2) is 0 Å². The minimum absolute atomic E-state index is 0.178. The molecule has 3 aliphatic rings. The second-order valence-electron chi connectivity index (χ2n) is 8.70. The van der Waals surface area contributed by atoms with Gasteiger partial charge in [-0.05, 0) is 46.7 Å². The summed E-state index contributed by atoms with van der Waals surface area (Å²) in [4.78, 5) is 25.7. The number of hydrogen-bond acceptors (Lipinski definition) is 4. The van der Waals surface area contributed by atoms with Crippen LogP contribution < -0.4 is 4.74 Å². The van der Waals surface area contributed by atoms with Crippen molar-refractivity contribution in [1.29, 1.82) is 0 Å². The van der Waals surface area contributed by atoms with E-state index in [9.17, 15) is 9.59 Å². The molecular formula is C27H22N2O3. The summed E-state index contributed by atoms with van der Waals surface area (Å²) in [5.41, 5.74) is 1.82. The second kappa shape index (κ2) is 7.45. The SMILES string of the molecule is O=C1[C@H]2[C@H](C(=O)N1/N=C\c1ccccc1OCc1cccc3ccccc13)[C@H]1C=C[C@H]2C1. The Balaban J connectivity index is 1.22. The fraction of sp³-hybridized carbons (Fsp3) is 0.222. The molecule has 1 saturated carbocycles.